The Kier molecular flexibility index (Phi) is 2.25. The van der Waals surface area contributed by atoms with Crippen molar-refractivity contribution in [3.8, 4) is 11.3 Å². The molecule has 76 valence electrons. The Bertz CT molecular complexity index is 486. The summed E-state index contributed by atoms with van der Waals surface area (Å²) in [6, 6.07) is 8.62. The summed E-state index contributed by atoms with van der Waals surface area (Å²) in [7, 11) is 1.85. The minimum Gasteiger partial charge on any atom is -0.478 e. The molecular weight excluding hydrogens is 192 g/mol. The zero-order valence-corrected chi connectivity index (χ0v) is 8.21. The highest BCUT2D eigenvalue weighted by Crippen LogP contribution is 2.18. The maximum absolute atomic E-state index is 10.6. The first-order valence-electron chi connectivity index (χ1n) is 4.50. The van der Waals surface area contributed by atoms with Gasteiger partial charge in [0.1, 0.15) is 0 Å². The second kappa shape index (κ2) is 3.57. The number of hydrogen-bond donors (Lipinski definition) is 1. The van der Waals surface area contributed by atoms with Gasteiger partial charge in [0, 0.05) is 13.2 Å². The number of hydrogen-bond acceptors (Lipinski definition) is 2. The molecule has 1 aromatic heterocycles. The third-order valence-electron chi connectivity index (χ3n) is 2.25. The Morgan fingerprint density at radius 1 is 1.27 bits per heavy atom. The summed E-state index contributed by atoms with van der Waals surface area (Å²) in [6.07, 6.45) is 1.71. The largest absolute Gasteiger partial charge is 0.478 e. The van der Waals surface area contributed by atoms with Crippen molar-refractivity contribution in [2.75, 3.05) is 0 Å². The first-order valence-corrected chi connectivity index (χ1v) is 4.50. The van der Waals surface area contributed by atoms with Crippen molar-refractivity contribution in [3.05, 3.63) is 42.1 Å². The molecule has 0 fully saturated rings. The van der Waals surface area contributed by atoms with Crippen LogP contribution in [0.5, 0.6) is 0 Å². The molecule has 0 saturated carbocycles. The highest BCUT2D eigenvalue weighted by atomic mass is 16.4. The molecule has 0 saturated heterocycles. The highest BCUT2D eigenvalue weighted by Gasteiger charge is 2.04. The zero-order chi connectivity index (χ0) is 10.8. The number of carboxylic acids is 1. The van der Waals surface area contributed by atoms with Crippen LogP contribution in [0, 0.1) is 0 Å². The Hall–Kier alpha value is -2.10. The molecule has 0 unspecified atom stereocenters. The van der Waals surface area contributed by atoms with Gasteiger partial charge in [-0.15, -0.1) is 0 Å². The van der Waals surface area contributed by atoms with Crippen molar-refractivity contribution in [2.24, 2.45) is 7.05 Å². The van der Waals surface area contributed by atoms with E-state index in [0.717, 1.165) is 11.3 Å². The number of aromatic nitrogens is 2. The normalized spacial score (nSPS) is 10.2. The van der Waals surface area contributed by atoms with Crippen LogP contribution in [0.3, 0.4) is 0 Å². The molecule has 2 aromatic rings. The molecule has 1 N–H and O–H groups in total. The number of rotatable bonds is 2. The smallest absolute Gasteiger partial charge is 0.335 e. The van der Waals surface area contributed by atoms with Crippen LogP contribution >= 0.6 is 0 Å². The molecule has 15 heavy (non-hydrogen) atoms. The highest BCUT2D eigenvalue weighted by molar-refractivity contribution is 5.88. The maximum Gasteiger partial charge on any atom is 0.335 e. The van der Waals surface area contributed by atoms with E-state index in [1.807, 2.05) is 13.1 Å². The summed E-state index contributed by atoms with van der Waals surface area (Å²) in [4.78, 5) is 10.6. The third kappa shape index (κ3) is 1.74. The second-order valence-electron chi connectivity index (χ2n) is 3.22. The molecule has 0 aliphatic rings. The van der Waals surface area contributed by atoms with E-state index >= 15 is 0 Å². The molecule has 4 nitrogen and oxygen atoms in total. The van der Waals surface area contributed by atoms with Gasteiger partial charge in [-0.3, -0.25) is 4.68 Å². The molecule has 1 aromatic carbocycles. The molecule has 0 amide bonds. The van der Waals surface area contributed by atoms with Crippen molar-refractivity contribution in [1.82, 2.24) is 9.78 Å². The Labute approximate surface area is 86.8 Å². The lowest BCUT2D eigenvalue weighted by Crippen LogP contribution is -1.96. The second-order valence-corrected chi connectivity index (χ2v) is 3.22. The van der Waals surface area contributed by atoms with Crippen molar-refractivity contribution in [1.29, 1.82) is 0 Å². The SMILES string of the molecule is Cn1nccc1-c1ccc(C(=O)O)cc1. The molecule has 4 heteroatoms. The van der Waals surface area contributed by atoms with Gasteiger partial charge in [-0.1, -0.05) is 12.1 Å². The number of carboxylic acid groups (broad SMARTS) is 1. The molecular formula is C11H10N2O2. The molecule has 0 atom stereocenters. The van der Waals surface area contributed by atoms with Crippen LogP contribution in [0.2, 0.25) is 0 Å². The average Bonchev–Trinajstić information content (AvgIpc) is 2.65. The van der Waals surface area contributed by atoms with E-state index in [2.05, 4.69) is 5.10 Å². The lowest BCUT2D eigenvalue weighted by atomic mass is 10.1. The topological polar surface area (TPSA) is 55.1 Å². The van der Waals surface area contributed by atoms with Crippen molar-refractivity contribution >= 4 is 5.97 Å². The Morgan fingerprint density at radius 3 is 2.40 bits per heavy atom. The van der Waals surface area contributed by atoms with Gasteiger partial charge < -0.3 is 5.11 Å². The summed E-state index contributed by atoms with van der Waals surface area (Å²) in [5.74, 6) is -0.911. The van der Waals surface area contributed by atoms with Crippen LogP contribution in [0.4, 0.5) is 0 Å². The van der Waals surface area contributed by atoms with Crippen LogP contribution in [-0.4, -0.2) is 20.9 Å². The van der Waals surface area contributed by atoms with Crippen LogP contribution in [-0.2, 0) is 7.05 Å². The lowest BCUT2D eigenvalue weighted by molar-refractivity contribution is 0.0697. The van der Waals surface area contributed by atoms with E-state index in [1.54, 1.807) is 35.1 Å². The van der Waals surface area contributed by atoms with E-state index in [4.69, 9.17) is 5.11 Å². The van der Waals surface area contributed by atoms with Crippen LogP contribution in [0.25, 0.3) is 11.3 Å². The van der Waals surface area contributed by atoms with Gasteiger partial charge in [0.15, 0.2) is 0 Å². The standard InChI is InChI=1S/C11H10N2O2/c1-13-10(6-7-12-13)8-2-4-9(5-3-8)11(14)15/h2-7H,1H3,(H,14,15). The quantitative estimate of drug-likeness (QED) is 0.807. The van der Waals surface area contributed by atoms with Gasteiger partial charge in [-0.2, -0.15) is 5.10 Å². The number of benzene rings is 1. The van der Waals surface area contributed by atoms with Gasteiger partial charge in [0.2, 0.25) is 0 Å². The number of aromatic carboxylic acids is 1. The minimum atomic E-state index is -0.911. The van der Waals surface area contributed by atoms with E-state index in [9.17, 15) is 4.79 Å². The van der Waals surface area contributed by atoms with E-state index in [0.29, 0.717) is 5.56 Å². The molecule has 1 heterocycles. The molecule has 2 rings (SSSR count). The average molecular weight is 202 g/mol. The summed E-state index contributed by atoms with van der Waals surface area (Å²) in [5.41, 5.74) is 2.22. The Morgan fingerprint density at radius 2 is 1.93 bits per heavy atom. The lowest BCUT2D eigenvalue weighted by Gasteiger charge is -2.02. The first kappa shape index (κ1) is 9.45. The van der Waals surface area contributed by atoms with Gasteiger partial charge in [0.25, 0.3) is 0 Å². The fourth-order valence-electron chi connectivity index (χ4n) is 1.44. The first-order chi connectivity index (χ1) is 7.18. The molecule has 0 radical (unpaired) electrons. The van der Waals surface area contributed by atoms with Gasteiger partial charge >= 0.3 is 5.97 Å². The predicted molar refractivity (Wildman–Crippen MR) is 55.6 cm³/mol. The summed E-state index contributed by atoms with van der Waals surface area (Å²) < 4.78 is 1.75. The van der Waals surface area contributed by atoms with Crippen LogP contribution < -0.4 is 0 Å². The van der Waals surface area contributed by atoms with Crippen LogP contribution in [0.1, 0.15) is 10.4 Å². The van der Waals surface area contributed by atoms with E-state index in [1.165, 1.54) is 0 Å². The van der Waals surface area contributed by atoms with Gasteiger partial charge in [0.05, 0.1) is 11.3 Å². The van der Waals surface area contributed by atoms with Gasteiger partial charge in [-0.05, 0) is 23.8 Å². The monoisotopic (exact) mass is 202 g/mol. The Balaban J connectivity index is 2.40. The summed E-state index contributed by atoms with van der Waals surface area (Å²) in [5, 5.41) is 12.8. The number of nitrogens with zero attached hydrogens (tertiary/aromatic N) is 2. The number of carbonyl (C=O) groups is 1. The van der Waals surface area contributed by atoms with E-state index < -0.39 is 5.97 Å². The molecule has 0 spiro atoms. The summed E-state index contributed by atoms with van der Waals surface area (Å²) in [6.45, 7) is 0. The summed E-state index contributed by atoms with van der Waals surface area (Å²) >= 11 is 0. The van der Waals surface area contributed by atoms with E-state index in [-0.39, 0.29) is 0 Å². The fraction of sp³-hybridized carbons (Fsp3) is 0.0909. The maximum atomic E-state index is 10.6. The third-order valence-corrected chi connectivity index (χ3v) is 2.25. The van der Waals surface area contributed by atoms with Gasteiger partial charge in [-0.25, -0.2) is 4.79 Å². The number of aryl methyl sites for hydroxylation is 1. The van der Waals surface area contributed by atoms with Crippen molar-refractivity contribution in [3.63, 3.8) is 0 Å². The fourth-order valence-corrected chi connectivity index (χ4v) is 1.44. The minimum absolute atomic E-state index is 0.293. The molecule has 0 aliphatic heterocycles. The zero-order valence-electron chi connectivity index (χ0n) is 8.21. The van der Waals surface area contributed by atoms with Crippen LogP contribution in [0.15, 0.2) is 36.5 Å². The molecule has 0 aliphatic carbocycles. The van der Waals surface area contributed by atoms with Crippen molar-refractivity contribution in [2.45, 2.75) is 0 Å². The molecule has 0 bridgehead atoms. The predicted octanol–water partition coefficient (Wildman–Crippen LogP) is 1.79. The van der Waals surface area contributed by atoms with Crippen molar-refractivity contribution < 1.29 is 9.90 Å².